The van der Waals surface area contributed by atoms with E-state index in [2.05, 4.69) is 13.8 Å². The van der Waals surface area contributed by atoms with Crippen LogP contribution in [0.15, 0.2) is 11.6 Å². The zero-order chi connectivity index (χ0) is 20.1. The molecule has 0 radical (unpaired) electrons. The molecular formula is C22H28O6. The molecule has 2 aliphatic heterocycles. The normalized spacial score (nSPS) is 50.9. The summed E-state index contributed by atoms with van der Waals surface area (Å²) in [6.07, 6.45) is 4.89. The number of carbonyl (C=O) groups is 3. The minimum atomic E-state index is -1.03. The summed E-state index contributed by atoms with van der Waals surface area (Å²) in [5, 5.41) is 0. The van der Waals surface area contributed by atoms with Crippen molar-refractivity contribution < 1.29 is 28.6 Å². The van der Waals surface area contributed by atoms with Crippen LogP contribution in [0, 0.1) is 28.6 Å². The second kappa shape index (κ2) is 5.47. The first-order valence-electron chi connectivity index (χ1n) is 10.4. The second-order valence-electron chi connectivity index (χ2n) is 9.91. The highest BCUT2D eigenvalue weighted by molar-refractivity contribution is 5.89. The Kier molecular flexibility index (Phi) is 3.58. The van der Waals surface area contributed by atoms with Gasteiger partial charge in [-0.05, 0) is 55.9 Å². The number of Topliss-reactive ketones (excluding diaryl/α,β-unsaturated/α-hetero) is 1. The van der Waals surface area contributed by atoms with E-state index in [0.29, 0.717) is 24.9 Å². The van der Waals surface area contributed by atoms with Crippen LogP contribution >= 0.6 is 0 Å². The summed E-state index contributed by atoms with van der Waals surface area (Å²) in [5.41, 5.74) is -0.532. The van der Waals surface area contributed by atoms with Crippen molar-refractivity contribution >= 4 is 17.7 Å². The number of hydrogen-bond donors (Lipinski definition) is 0. The van der Waals surface area contributed by atoms with E-state index in [0.717, 1.165) is 24.8 Å². The molecule has 2 heterocycles. The summed E-state index contributed by atoms with van der Waals surface area (Å²) in [6.45, 7) is 7.68. The number of esters is 2. The van der Waals surface area contributed by atoms with E-state index in [4.69, 9.17) is 14.2 Å². The maximum atomic E-state index is 12.8. The summed E-state index contributed by atoms with van der Waals surface area (Å²) in [7, 11) is 0. The number of ketones is 1. The molecule has 3 aliphatic carbocycles. The van der Waals surface area contributed by atoms with Crippen LogP contribution < -0.4 is 0 Å². The van der Waals surface area contributed by atoms with Gasteiger partial charge < -0.3 is 14.2 Å². The van der Waals surface area contributed by atoms with Crippen molar-refractivity contribution in [1.29, 1.82) is 0 Å². The lowest BCUT2D eigenvalue weighted by Gasteiger charge is -2.57. The average Bonchev–Trinajstić information content (AvgIpc) is 3.35. The van der Waals surface area contributed by atoms with Gasteiger partial charge in [0.15, 0.2) is 11.4 Å². The van der Waals surface area contributed by atoms with E-state index < -0.39 is 5.60 Å². The lowest BCUT2D eigenvalue weighted by molar-refractivity contribution is -0.188. The van der Waals surface area contributed by atoms with Crippen molar-refractivity contribution in [2.45, 2.75) is 71.2 Å². The van der Waals surface area contributed by atoms with Crippen LogP contribution in [0.25, 0.3) is 0 Å². The molecule has 5 aliphatic rings. The number of fused-ring (bicyclic) bond motifs is 8. The maximum absolute atomic E-state index is 12.8. The predicted molar refractivity (Wildman–Crippen MR) is 98.0 cm³/mol. The van der Waals surface area contributed by atoms with E-state index in [-0.39, 0.29) is 46.7 Å². The highest BCUT2D eigenvalue weighted by atomic mass is 16.6. The molecule has 152 valence electrons. The monoisotopic (exact) mass is 388 g/mol. The van der Waals surface area contributed by atoms with Gasteiger partial charge in [0.05, 0.1) is 6.10 Å². The molecule has 0 aromatic carbocycles. The Morgan fingerprint density at radius 3 is 2.54 bits per heavy atom. The van der Waals surface area contributed by atoms with Crippen LogP contribution in [0.3, 0.4) is 0 Å². The van der Waals surface area contributed by atoms with Crippen LogP contribution in [0.4, 0.5) is 0 Å². The first kappa shape index (κ1) is 18.3. The van der Waals surface area contributed by atoms with Gasteiger partial charge in [0.25, 0.3) is 0 Å². The van der Waals surface area contributed by atoms with Gasteiger partial charge in [-0.1, -0.05) is 13.8 Å². The fraction of sp³-hybridized carbons (Fsp3) is 0.773. The minimum Gasteiger partial charge on any atom is -0.462 e. The Hall–Kier alpha value is -1.69. The van der Waals surface area contributed by atoms with Gasteiger partial charge in [-0.15, -0.1) is 0 Å². The molecule has 0 aromatic heterocycles. The highest BCUT2D eigenvalue weighted by Crippen LogP contribution is 2.70. The number of cyclic esters (lactones) is 1. The van der Waals surface area contributed by atoms with Crippen LogP contribution in [0.2, 0.25) is 0 Å². The Morgan fingerprint density at radius 1 is 1.14 bits per heavy atom. The Balaban J connectivity index is 1.55. The smallest absolute Gasteiger partial charge is 0.330 e. The van der Waals surface area contributed by atoms with Crippen LogP contribution in [-0.4, -0.2) is 42.1 Å². The molecule has 0 N–H and O–H groups in total. The molecular weight excluding hydrogens is 360 g/mol. The molecule has 2 unspecified atom stereocenters. The van der Waals surface area contributed by atoms with Crippen molar-refractivity contribution in [3.05, 3.63) is 11.6 Å². The molecule has 6 heteroatoms. The molecule has 0 amide bonds. The zero-order valence-corrected chi connectivity index (χ0v) is 16.9. The molecule has 4 fully saturated rings. The predicted octanol–water partition coefficient (Wildman–Crippen LogP) is 2.59. The first-order valence-corrected chi connectivity index (χ1v) is 10.4. The average molecular weight is 388 g/mol. The zero-order valence-electron chi connectivity index (χ0n) is 16.9. The third kappa shape index (κ3) is 2.05. The maximum Gasteiger partial charge on any atom is 0.330 e. The molecule has 0 bridgehead atoms. The lowest BCUT2D eigenvalue weighted by Crippen LogP contribution is -2.60. The van der Waals surface area contributed by atoms with Gasteiger partial charge in [0, 0.05) is 23.8 Å². The molecule has 8 atom stereocenters. The minimum absolute atomic E-state index is 0.0116. The molecule has 1 saturated heterocycles. The van der Waals surface area contributed by atoms with Gasteiger partial charge in [0.2, 0.25) is 0 Å². The topological polar surface area (TPSA) is 82.2 Å². The summed E-state index contributed by atoms with van der Waals surface area (Å²) >= 11 is 0. The van der Waals surface area contributed by atoms with Crippen molar-refractivity contribution in [2.75, 3.05) is 6.61 Å². The molecule has 6 nitrogen and oxygen atoms in total. The van der Waals surface area contributed by atoms with Gasteiger partial charge in [-0.25, -0.2) is 4.79 Å². The summed E-state index contributed by atoms with van der Waals surface area (Å²) < 4.78 is 17.4. The van der Waals surface area contributed by atoms with Crippen LogP contribution in [0.1, 0.15) is 53.4 Å². The third-order valence-corrected chi connectivity index (χ3v) is 8.82. The van der Waals surface area contributed by atoms with Crippen LogP contribution in [0.5, 0.6) is 0 Å². The number of rotatable bonds is 2. The van der Waals surface area contributed by atoms with Gasteiger partial charge >= 0.3 is 11.9 Å². The molecule has 3 saturated carbocycles. The Morgan fingerprint density at radius 2 is 1.86 bits per heavy atom. The van der Waals surface area contributed by atoms with E-state index in [1.54, 1.807) is 13.0 Å². The Bertz CT molecular complexity index is 816. The molecule has 0 spiro atoms. The number of hydrogen-bond acceptors (Lipinski definition) is 6. The lowest BCUT2D eigenvalue weighted by atomic mass is 9.47. The van der Waals surface area contributed by atoms with Crippen molar-refractivity contribution in [2.24, 2.45) is 28.6 Å². The fourth-order valence-electron chi connectivity index (χ4n) is 7.49. The van der Waals surface area contributed by atoms with Crippen LogP contribution in [-0.2, 0) is 28.6 Å². The highest BCUT2D eigenvalue weighted by Gasteiger charge is 2.73. The van der Waals surface area contributed by atoms with E-state index in [1.807, 2.05) is 0 Å². The van der Waals surface area contributed by atoms with E-state index in [1.165, 1.54) is 6.92 Å². The van der Waals surface area contributed by atoms with E-state index >= 15 is 0 Å². The summed E-state index contributed by atoms with van der Waals surface area (Å²) in [6, 6.07) is 0. The molecule has 28 heavy (non-hydrogen) atoms. The Labute approximate surface area is 165 Å². The third-order valence-electron chi connectivity index (χ3n) is 8.82. The number of ether oxygens (including phenoxy) is 3. The van der Waals surface area contributed by atoms with Gasteiger partial charge in [0.1, 0.15) is 12.7 Å². The number of carbonyl (C=O) groups excluding carboxylic acids is 3. The second-order valence-corrected chi connectivity index (χ2v) is 9.91. The summed E-state index contributed by atoms with van der Waals surface area (Å²) in [4.78, 5) is 36.5. The molecule has 5 rings (SSSR count). The van der Waals surface area contributed by atoms with Crippen molar-refractivity contribution in [3.63, 3.8) is 0 Å². The summed E-state index contributed by atoms with van der Waals surface area (Å²) in [5.74, 6) is 0.175. The SMILES string of the molecule is CC(=O)O[C@]1(C(C)=O)CC[C@H]2[C@@H]3C4OC4C4=CC(=O)OC[C@]4(C)[C@H]3CC[C@@]21C. The molecule has 0 aromatic rings. The van der Waals surface area contributed by atoms with Crippen molar-refractivity contribution in [3.8, 4) is 0 Å². The quantitative estimate of drug-likeness (QED) is 0.534. The standard InChI is InChI=1S/C22H28O6/c1-11(23)22(28-12(2)24)8-6-14-17-13(5-7-21(14,22)4)20(3)10-26-16(25)9-15(20)18-19(17)27-18/h9,13-14,17-19H,5-8,10H2,1-4H3/t13-,14-,17+,18?,19?,20+,21-,22-/m0/s1. The fourth-order valence-corrected chi connectivity index (χ4v) is 7.49. The largest absolute Gasteiger partial charge is 0.462 e. The first-order chi connectivity index (χ1) is 13.1. The van der Waals surface area contributed by atoms with Crippen molar-refractivity contribution in [1.82, 2.24) is 0 Å². The van der Waals surface area contributed by atoms with Gasteiger partial charge in [-0.3, -0.25) is 9.59 Å². The van der Waals surface area contributed by atoms with E-state index in [9.17, 15) is 14.4 Å². The number of epoxide rings is 1. The van der Waals surface area contributed by atoms with Gasteiger partial charge in [-0.2, -0.15) is 0 Å².